The molecule has 0 bridgehead atoms. The first-order chi connectivity index (χ1) is 16.9. The van der Waals surface area contributed by atoms with Gasteiger partial charge in [-0.05, 0) is 55.7 Å². The highest BCUT2D eigenvalue weighted by atomic mass is 16.5. The van der Waals surface area contributed by atoms with Crippen LogP contribution < -0.4 is 4.74 Å². The van der Waals surface area contributed by atoms with Crippen molar-refractivity contribution < 1.29 is 18.7 Å². The molecular weight excluding hydrogens is 438 g/mol. The monoisotopic (exact) mass is 469 g/mol. The molecule has 2 heterocycles. The van der Waals surface area contributed by atoms with Gasteiger partial charge in [0.15, 0.2) is 0 Å². The van der Waals surface area contributed by atoms with Crippen molar-refractivity contribution in [2.24, 2.45) is 0 Å². The molecule has 1 amide bonds. The normalized spacial score (nSPS) is 18.9. The minimum absolute atomic E-state index is 0.00600. The van der Waals surface area contributed by atoms with Gasteiger partial charge >= 0.3 is 0 Å². The molecule has 0 N–H and O–H groups in total. The zero-order valence-corrected chi connectivity index (χ0v) is 20.7. The number of benzene rings is 3. The van der Waals surface area contributed by atoms with Crippen LogP contribution in [0.3, 0.4) is 0 Å². The van der Waals surface area contributed by atoms with Crippen molar-refractivity contribution in [3.8, 4) is 16.9 Å². The highest BCUT2D eigenvalue weighted by molar-refractivity contribution is 6.06. The minimum Gasteiger partial charge on any atom is -0.493 e. The predicted molar refractivity (Wildman–Crippen MR) is 141 cm³/mol. The van der Waals surface area contributed by atoms with E-state index in [1.807, 2.05) is 51.0 Å². The molecule has 1 fully saturated rings. The van der Waals surface area contributed by atoms with E-state index in [1.54, 1.807) is 6.08 Å². The summed E-state index contributed by atoms with van der Waals surface area (Å²) in [5, 5.41) is 3.35. The van der Waals surface area contributed by atoms with E-state index in [1.165, 1.54) is 10.8 Å². The van der Waals surface area contributed by atoms with E-state index < -0.39 is 0 Å². The second-order valence-electron chi connectivity index (χ2n) is 9.28. The summed E-state index contributed by atoms with van der Waals surface area (Å²) in [6, 6.07) is 18.7. The van der Waals surface area contributed by atoms with Crippen LogP contribution >= 0.6 is 0 Å². The van der Waals surface area contributed by atoms with E-state index in [0.29, 0.717) is 25.4 Å². The number of amides is 1. The fraction of sp³-hybridized carbons (Fsp3) is 0.300. The lowest BCUT2D eigenvalue weighted by Gasteiger charge is -2.34. The summed E-state index contributed by atoms with van der Waals surface area (Å²) in [7, 11) is 0. The number of nitrogens with zero attached hydrogens (tertiary/aromatic N) is 1. The summed E-state index contributed by atoms with van der Waals surface area (Å²) in [5.41, 5.74) is 4.65. The molecule has 1 aliphatic rings. The third-order valence-corrected chi connectivity index (χ3v) is 6.55. The lowest BCUT2D eigenvalue weighted by Crippen LogP contribution is -2.47. The van der Waals surface area contributed by atoms with Gasteiger partial charge in [0.25, 0.3) is 0 Å². The van der Waals surface area contributed by atoms with Gasteiger partial charge in [-0.1, -0.05) is 42.5 Å². The summed E-state index contributed by atoms with van der Waals surface area (Å²) in [6.45, 7) is 9.64. The third kappa shape index (κ3) is 4.56. The Kier molecular flexibility index (Phi) is 6.35. The number of furan rings is 1. The molecule has 180 valence electrons. The van der Waals surface area contributed by atoms with Crippen molar-refractivity contribution in [3.63, 3.8) is 0 Å². The van der Waals surface area contributed by atoms with Gasteiger partial charge in [0, 0.05) is 41.7 Å². The highest BCUT2D eigenvalue weighted by Crippen LogP contribution is 2.39. The second-order valence-corrected chi connectivity index (χ2v) is 9.28. The Hall–Kier alpha value is -3.57. The molecule has 0 saturated carbocycles. The Morgan fingerprint density at radius 2 is 1.77 bits per heavy atom. The van der Waals surface area contributed by atoms with Crippen LogP contribution in [0.2, 0.25) is 0 Å². The van der Waals surface area contributed by atoms with Crippen LogP contribution in [0, 0.1) is 0 Å². The van der Waals surface area contributed by atoms with Gasteiger partial charge < -0.3 is 18.8 Å². The lowest BCUT2D eigenvalue weighted by molar-refractivity contribution is -0.137. The molecule has 4 aromatic rings. The quantitative estimate of drug-likeness (QED) is 0.306. The van der Waals surface area contributed by atoms with E-state index in [9.17, 15) is 4.79 Å². The lowest BCUT2D eigenvalue weighted by atomic mass is 9.96. The zero-order chi connectivity index (χ0) is 24.5. The molecule has 5 nitrogen and oxygen atoms in total. The number of ether oxygens (including phenoxy) is 2. The van der Waals surface area contributed by atoms with Crippen LogP contribution in [0.15, 0.2) is 71.4 Å². The summed E-state index contributed by atoms with van der Waals surface area (Å²) < 4.78 is 17.7. The standard InChI is InChI=1S/C30H31NO4/c1-5-33-28-15-29-26(27(18-34-29)24-12-8-10-22-9-6-7-11-23(22)24)14-25(28)19(2)13-30(32)31-16-20(3)35-21(4)17-31/h6-15,18,20-21H,5,16-17H2,1-4H3/b19-13+. The number of allylic oxidation sites excluding steroid dienone is 1. The van der Waals surface area contributed by atoms with Crippen LogP contribution in [-0.2, 0) is 9.53 Å². The number of carbonyl (C=O) groups excluding carboxylic acids is 1. The number of morpholine rings is 1. The number of fused-ring (bicyclic) bond motifs is 2. The van der Waals surface area contributed by atoms with Gasteiger partial charge in [-0.25, -0.2) is 0 Å². The van der Waals surface area contributed by atoms with Crippen LogP contribution in [0.5, 0.6) is 5.75 Å². The van der Waals surface area contributed by atoms with Crippen molar-refractivity contribution in [1.29, 1.82) is 0 Å². The first-order valence-electron chi connectivity index (χ1n) is 12.2. The smallest absolute Gasteiger partial charge is 0.247 e. The van der Waals surface area contributed by atoms with Gasteiger partial charge in [-0.15, -0.1) is 0 Å². The van der Waals surface area contributed by atoms with Gasteiger partial charge in [-0.3, -0.25) is 4.79 Å². The average molecular weight is 470 g/mol. The second kappa shape index (κ2) is 9.59. The average Bonchev–Trinajstić information content (AvgIpc) is 3.25. The maximum absolute atomic E-state index is 13.1. The van der Waals surface area contributed by atoms with Crippen molar-refractivity contribution in [2.45, 2.75) is 39.9 Å². The largest absolute Gasteiger partial charge is 0.493 e. The Morgan fingerprint density at radius 1 is 1.03 bits per heavy atom. The van der Waals surface area contributed by atoms with Crippen LogP contribution in [0.1, 0.15) is 33.3 Å². The maximum atomic E-state index is 13.1. The molecule has 3 aromatic carbocycles. The van der Waals surface area contributed by atoms with Crippen LogP contribution in [-0.4, -0.2) is 42.7 Å². The minimum atomic E-state index is -0.00600. The number of hydrogen-bond acceptors (Lipinski definition) is 4. The maximum Gasteiger partial charge on any atom is 0.247 e. The Balaban J connectivity index is 1.59. The summed E-state index contributed by atoms with van der Waals surface area (Å²) >= 11 is 0. The number of hydrogen-bond donors (Lipinski definition) is 0. The molecule has 0 radical (unpaired) electrons. The molecular formula is C30H31NO4. The zero-order valence-electron chi connectivity index (χ0n) is 20.7. The SMILES string of the molecule is CCOc1cc2occ(-c3cccc4ccccc34)c2cc1/C(C)=C/C(=O)N1CC(C)OC(C)C1. The van der Waals surface area contributed by atoms with Crippen LogP contribution in [0.4, 0.5) is 0 Å². The molecule has 1 aliphatic heterocycles. The van der Waals surface area contributed by atoms with E-state index in [4.69, 9.17) is 13.9 Å². The summed E-state index contributed by atoms with van der Waals surface area (Å²) in [5.74, 6) is 0.706. The Bertz CT molecular complexity index is 1400. The van der Waals surface area contributed by atoms with Gasteiger partial charge in [0.2, 0.25) is 5.91 Å². The van der Waals surface area contributed by atoms with Gasteiger partial charge in [0.1, 0.15) is 11.3 Å². The van der Waals surface area contributed by atoms with Crippen LogP contribution in [0.25, 0.3) is 38.4 Å². The van der Waals surface area contributed by atoms with E-state index in [0.717, 1.165) is 33.2 Å². The molecule has 1 aromatic heterocycles. The molecule has 35 heavy (non-hydrogen) atoms. The first kappa shape index (κ1) is 23.2. The molecule has 2 atom stereocenters. The van der Waals surface area contributed by atoms with Gasteiger partial charge in [0.05, 0.1) is 25.1 Å². The summed E-state index contributed by atoms with van der Waals surface area (Å²) in [6.07, 6.45) is 3.58. The number of rotatable bonds is 5. The molecule has 0 spiro atoms. The highest BCUT2D eigenvalue weighted by Gasteiger charge is 2.25. The summed E-state index contributed by atoms with van der Waals surface area (Å²) in [4.78, 5) is 15.0. The molecule has 2 unspecified atom stereocenters. The Labute approximate surface area is 205 Å². The third-order valence-electron chi connectivity index (χ3n) is 6.55. The molecule has 0 aliphatic carbocycles. The topological polar surface area (TPSA) is 51.9 Å². The Morgan fingerprint density at radius 3 is 2.54 bits per heavy atom. The van der Waals surface area contributed by atoms with Crippen molar-refractivity contribution >= 4 is 33.2 Å². The fourth-order valence-electron chi connectivity index (χ4n) is 5.02. The van der Waals surface area contributed by atoms with Crippen molar-refractivity contribution in [1.82, 2.24) is 4.90 Å². The van der Waals surface area contributed by atoms with E-state index in [2.05, 4.69) is 42.5 Å². The predicted octanol–water partition coefficient (Wildman–Crippen LogP) is 6.69. The number of carbonyl (C=O) groups is 1. The van der Waals surface area contributed by atoms with E-state index >= 15 is 0 Å². The van der Waals surface area contributed by atoms with Crippen molar-refractivity contribution in [2.75, 3.05) is 19.7 Å². The van der Waals surface area contributed by atoms with Gasteiger partial charge in [-0.2, -0.15) is 0 Å². The molecule has 1 saturated heterocycles. The first-order valence-corrected chi connectivity index (χ1v) is 12.2. The fourth-order valence-corrected chi connectivity index (χ4v) is 5.02. The molecule has 5 heteroatoms. The molecule has 5 rings (SSSR count). The van der Waals surface area contributed by atoms with Crippen molar-refractivity contribution in [3.05, 3.63) is 72.5 Å². The van der Waals surface area contributed by atoms with E-state index in [-0.39, 0.29) is 18.1 Å².